The van der Waals surface area contributed by atoms with Crippen LogP contribution in [0.25, 0.3) is 0 Å². The number of hydrogen-bond donors (Lipinski definition) is 1. The van der Waals surface area contributed by atoms with E-state index in [2.05, 4.69) is 5.32 Å². The zero-order valence-electron chi connectivity index (χ0n) is 10.8. The van der Waals surface area contributed by atoms with Crippen molar-refractivity contribution >= 4 is 23.2 Å². The highest BCUT2D eigenvalue weighted by molar-refractivity contribution is 6.31. The van der Waals surface area contributed by atoms with Gasteiger partial charge in [0, 0.05) is 0 Å². The van der Waals surface area contributed by atoms with E-state index < -0.39 is 17.8 Å². The summed E-state index contributed by atoms with van der Waals surface area (Å²) in [6, 6.07) is 13.3. The van der Waals surface area contributed by atoms with Crippen LogP contribution >= 0.6 is 11.6 Å². The van der Waals surface area contributed by atoms with Crippen LogP contribution in [0.3, 0.4) is 0 Å². The van der Waals surface area contributed by atoms with Crippen molar-refractivity contribution in [3.63, 3.8) is 0 Å². The van der Waals surface area contributed by atoms with E-state index in [1.165, 1.54) is 12.1 Å². The molecule has 2 aromatic carbocycles. The van der Waals surface area contributed by atoms with Crippen LogP contribution in [0.15, 0.2) is 48.5 Å². The van der Waals surface area contributed by atoms with Crippen LogP contribution in [0.2, 0.25) is 5.02 Å². The zero-order valence-corrected chi connectivity index (χ0v) is 11.5. The molecule has 0 heterocycles. The SMILES string of the molecule is CC(Oc1ccccc1)C(=O)Nc1cccc(Cl)c1F. The number of rotatable bonds is 4. The third kappa shape index (κ3) is 3.48. The average molecular weight is 294 g/mol. The molecule has 0 saturated heterocycles. The van der Waals surface area contributed by atoms with Gasteiger partial charge in [-0.15, -0.1) is 0 Å². The molecule has 0 aliphatic rings. The van der Waals surface area contributed by atoms with Gasteiger partial charge in [0.1, 0.15) is 5.75 Å². The van der Waals surface area contributed by atoms with Gasteiger partial charge >= 0.3 is 0 Å². The number of carbonyl (C=O) groups is 1. The number of hydrogen-bond acceptors (Lipinski definition) is 2. The van der Waals surface area contributed by atoms with Crippen LogP contribution in [0, 0.1) is 5.82 Å². The number of amides is 1. The van der Waals surface area contributed by atoms with Gasteiger partial charge in [0.05, 0.1) is 10.7 Å². The average Bonchev–Trinajstić information content (AvgIpc) is 2.45. The lowest BCUT2D eigenvalue weighted by Crippen LogP contribution is -2.30. The molecule has 0 aliphatic heterocycles. The summed E-state index contributed by atoms with van der Waals surface area (Å²) in [5.74, 6) is -0.536. The largest absolute Gasteiger partial charge is 0.481 e. The summed E-state index contributed by atoms with van der Waals surface area (Å²) in [6.45, 7) is 1.59. The fourth-order valence-electron chi connectivity index (χ4n) is 1.59. The topological polar surface area (TPSA) is 38.3 Å². The summed E-state index contributed by atoms with van der Waals surface area (Å²) >= 11 is 5.65. The highest BCUT2D eigenvalue weighted by atomic mass is 35.5. The number of para-hydroxylation sites is 1. The molecule has 1 unspecified atom stereocenters. The summed E-state index contributed by atoms with van der Waals surface area (Å²) in [6.07, 6.45) is -0.754. The fourth-order valence-corrected chi connectivity index (χ4v) is 1.77. The molecular weight excluding hydrogens is 281 g/mol. The van der Waals surface area contributed by atoms with Gasteiger partial charge in [0.2, 0.25) is 0 Å². The Morgan fingerprint density at radius 2 is 1.90 bits per heavy atom. The molecule has 104 valence electrons. The second kappa shape index (κ2) is 6.39. The second-order valence-electron chi connectivity index (χ2n) is 4.16. The monoisotopic (exact) mass is 293 g/mol. The highest BCUT2D eigenvalue weighted by Crippen LogP contribution is 2.22. The van der Waals surface area contributed by atoms with Crippen LogP contribution in [0.1, 0.15) is 6.92 Å². The lowest BCUT2D eigenvalue weighted by molar-refractivity contribution is -0.122. The molecular formula is C15H13ClFNO2. The van der Waals surface area contributed by atoms with Crippen LogP contribution in [0.5, 0.6) is 5.75 Å². The number of halogens is 2. The lowest BCUT2D eigenvalue weighted by Gasteiger charge is -2.15. The van der Waals surface area contributed by atoms with Gasteiger partial charge in [-0.3, -0.25) is 4.79 Å². The summed E-state index contributed by atoms with van der Waals surface area (Å²) in [5.41, 5.74) is 0.0333. The minimum atomic E-state index is -0.754. The van der Waals surface area contributed by atoms with Crippen molar-refractivity contribution in [3.8, 4) is 5.75 Å². The van der Waals surface area contributed by atoms with Gasteiger partial charge in [-0.05, 0) is 31.2 Å². The minimum Gasteiger partial charge on any atom is -0.481 e. The summed E-state index contributed by atoms with van der Waals surface area (Å²) in [5, 5.41) is 2.41. The van der Waals surface area contributed by atoms with Crippen molar-refractivity contribution in [2.75, 3.05) is 5.32 Å². The molecule has 0 bridgehead atoms. The molecule has 0 fully saturated rings. The Morgan fingerprint density at radius 1 is 1.20 bits per heavy atom. The van der Waals surface area contributed by atoms with Crippen molar-refractivity contribution in [3.05, 3.63) is 59.4 Å². The molecule has 0 aliphatic carbocycles. The molecule has 2 aromatic rings. The molecule has 1 amide bonds. The van der Waals surface area contributed by atoms with Crippen molar-refractivity contribution < 1.29 is 13.9 Å². The van der Waals surface area contributed by atoms with Gasteiger partial charge in [0.15, 0.2) is 11.9 Å². The molecule has 2 rings (SSSR count). The first-order valence-electron chi connectivity index (χ1n) is 6.04. The Hall–Kier alpha value is -2.07. The number of ether oxygens (including phenoxy) is 1. The number of carbonyl (C=O) groups excluding carboxylic acids is 1. The van der Waals surface area contributed by atoms with Gasteiger partial charge < -0.3 is 10.1 Å². The van der Waals surface area contributed by atoms with E-state index in [0.29, 0.717) is 5.75 Å². The Labute approximate surface area is 121 Å². The second-order valence-corrected chi connectivity index (χ2v) is 4.57. The van der Waals surface area contributed by atoms with Gasteiger partial charge in [-0.2, -0.15) is 0 Å². The third-order valence-corrected chi connectivity index (χ3v) is 2.93. The predicted octanol–water partition coefficient (Wildman–Crippen LogP) is 3.89. The highest BCUT2D eigenvalue weighted by Gasteiger charge is 2.17. The molecule has 0 aromatic heterocycles. The van der Waals surface area contributed by atoms with E-state index >= 15 is 0 Å². The van der Waals surface area contributed by atoms with Crippen molar-refractivity contribution in [1.29, 1.82) is 0 Å². The van der Waals surface area contributed by atoms with E-state index in [-0.39, 0.29) is 10.7 Å². The number of anilines is 1. The minimum absolute atomic E-state index is 0.0333. The van der Waals surface area contributed by atoms with E-state index in [1.54, 1.807) is 37.3 Å². The molecule has 0 radical (unpaired) electrons. The van der Waals surface area contributed by atoms with Crippen LogP contribution in [-0.2, 0) is 4.79 Å². The fraction of sp³-hybridized carbons (Fsp3) is 0.133. The quantitative estimate of drug-likeness (QED) is 0.929. The van der Waals surface area contributed by atoms with Crippen LogP contribution in [-0.4, -0.2) is 12.0 Å². The van der Waals surface area contributed by atoms with E-state index in [9.17, 15) is 9.18 Å². The summed E-state index contributed by atoms with van der Waals surface area (Å²) < 4.78 is 19.1. The van der Waals surface area contributed by atoms with E-state index in [4.69, 9.17) is 16.3 Å². The van der Waals surface area contributed by atoms with E-state index in [1.807, 2.05) is 6.07 Å². The van der Waals surface area contributed by atoms with E-state index in [0.717, 1.165) is 0 Å². The zero-order chi connectivity index (χ0) is 14.5. The smallest absolute Gasteiger partial charge is 0.265 e. The Kier molecular flexibility index (Phi) is 4.58. The molecule has 0 saturated carbocycles. The molecule has 3 nitrogen and oxygen atoms in total. The van der Waals surface area contributed by atoms with Gasteiger partial charge in [0.25, 0.3) is 5.91 Å². The lowest BCUT2D eigenvalue weighted by atomic mass is 10.2. The molecule has 20 heavy (non-hydrogen) atoms. The van der Waals surface area contributed by atoms with Crippen molar-refractivity contribution in [1.82, 2.24) is 0 Å². The predicted molar refractivity (Wildman–Crippen MR) is 76.6 cm³/mol. The first-order valence-corrected chi connectivity index (χ1v) is 6.42. The Morgan fingerprint density at radius 3 is 2.60 bits per heavy atom. The molecule has 1 atom stereocenters. The molecule has 1 N–H and O–H groups in total. The van der Waals surface area contributed by atoms with Crippen LogP contribution in [0.4, 0.5) is 10.1 Å². The molecule has 5 heteroatoms. The normalized spacial score (nSPS) is 11.8. The standard InChI is InChI=1S/C15H13ClFNO2/c1-10(20-11-6-3-2-4-7-11)15(19)18-13-9-5-8-12(16)14(13)17/h2-10H,1H3,(H,18,19). The van der Waals surface area contributed by atoms with Crippen molar-refractivity contribution in [2.45, 2.75) is 13.0 Å². The number of nitrogens with one attached hydrogen (secondary N) is 1. The summed E-state index contributed by atoms with van der Waals surface area (Å²) in [4.78, 5) is 11.9. The maximum atomic E-state index is 13.7. The Balaban J connectivity index is 2.03. The molecule has 0 spiro atoms. The number of benzene rings is 2. The van der Waals surface area contributed by atoms with Crippen LogP contribution < -0.4 is 10.1 Å². The summed E-state index contributed by atoms with van der Waals surface area (Å²) in [7, 11) is 0. The maximum absolute atomic E-state index is 13.7. The maximum Gasteiger partial charge on any atom is 0.265 e. The van der Waals surface area contributed by atoms with Gasteiger partial charge in [-0.25, -0.2) is 4.39 Å². The van der Waals surface area contributed by atoms with Gasteiger partial charge in [-0.1, -0.05) is 35.9 Å². The Bertz CT molecular complexity index is 604. The van der Waals surface area contributed by atoms with Crippen molar-refractivity contribution in [2.24, 2.45) is 0 Å². The first-order chi connectivity index (χ1) is 9.58. The third-order valence-electron chi connectivity index (χ3n) is 2.63. The first kappa shape index (κ1) is 14.3.